The maximum absolute atomic E-state index is 12.0. The molecule has 2 aromatic heterocycles. The Morgan fingerprint density at radius 2 is 1.37 bits per heavy atom. The van der Waals surface area contributed by atoms with Gasteiger partial charge in [-0.25, -0.2) is 4.98 Å². The zero-order chi connectivity index (χ0) is 45.3. The van der Waals surface area contributed by atoms with E-state index in [0.29, 0.717) is 34.1 Å². The van der Waals surface area contributed by atoms with Crippen molar-refractivity contribution in [2.24, 2.45) is 0 Å². The minimum absolute atomic E-state index is 0. The Morgan fingerprint density at radius 1 is 0.678 bits per heavy atom. The summed E-state index contributed by atoms with van der Waals surface area (Å²) in [6.07, 6.45) is 1.60. The van der Waals surface area contributed by atoms with E-state index in [-0.39, 0.29) is 67.4 Å². The van der Waals surface area contributed by atoms with Crippen LogP contribution >= 0.6 is 0 Å². The van der Waals surface area contributed by atoms with Gasteiger partial charge in [0.1, 0.15) is 11.6 Å². The van der Waals surface area contributed by atoms with E-state index in [1.54, 1.807) is 18.3 Å². The zero-order valence-corrected chi connectivity index (χ0v) is 37.3. The summed E-state index contributed by atoms with van der Waals surface area (Å²) in [5.41, 5.74) is 12.3. The van der Waals surface area contributed by atoms with Crippen molar-refractivity contribution < 1.29 is 33.0 Å². The molecular weight excluding hydrogens is 902 g/mol. The average Bonchev–Trinajstić information content (AvgIpc) is 3.64. The summed E-state index contributed by atoms with van der Waals surface area (Å²) >= 11 is 0. The second-order valence-corrected chi connectivity index (χ2v) is 17.6. The third kappa shape index (κ3) is 8.21. The first-order chi connectivity index (χ1) is 29.7. The molecule has 0 aliphatic heterocycles. The van der Waals surface area contributed by atoms with Crippen LogP contribution in [0.4, 0.5) is 0 Å². The van der Waals surface area contributed by atoms with Crippen LogP contribution < -0.4 is 0 Å². The molecule has 8 aromatic rings. The molecule has 0 saturated carbocycles. The third-order valence-corrected chi connectivity index (χ3v) is 11.0. The van der Waals surface area contributed by atoms with Gasteiger partial charge in [0.25, 0.3) is 0 Å². The first kappa shape index (κ1) is 35.4. The number of aromatic hydroxyl groups is 1. The van der Waals surface area contributed by atoms with Crippen LogP contribution in [0.2, 0.25) is 0 Å². The predicted molar refractivity (Wildman–Crippen MR) is 243 cm³/mol. The summed E-state index contributed by atoms with van der Waals surface area (Å²) in [5.74, 6) is 1.09. The first-order valence-electron chi connectivity index (χ1n) is 22.4. The number of aryl methyl sites for hydroxylation is 1. The van der Waals surface area contributed by atoms with Gasteiger partial charge in [-0.1, -0.05) is 157 Å². The Bertz CT molecular complexity index is 3060. The molecule has 0 spiro atoms. The van der Waals surface area contributed by atoms with Crippen molar-refractivity contribution in [2.45, 2.75) is 79.1 Å². The fourth-order valence-electron chi connectivity index (χ4n) is 7.49. The molecule has 1 N–H and O–H groups in total. The van der Waals surface area contributed by atoms with E-state index >= 15 is 0 Å². The number of para-hydroxylation sites is 1. The monoisotopic (exact) mass is 958 g/mol. The Balaban J connectivity index is 0.00000612. The summed E-state index contributed by atoms with van der Waals surface area (Å²) in [4.78, 5) is 10.3. The minimum atomic E-state index is -0.435. The summed E-state index contributed by atoms with van der Waals surface area (Å²) in [6, 6.07) is 36.9. The molecule has 0 aliphatic rings. The number of aromatic nitrogens is 3. The van der Waals surface area contributed by atoms with E-state index in [1.165, 1.54) is 5.56 Å². The Hall–Kier alpha value is -5.57. The van der Waals surface area contributed by atoms with E-state index in [1.807, 2.05) is 19.1 Å². The number of fused-ring (bicyclic) bond motifs is 1. The van der Waals surface area contributed by atoms with Crippen LogP contribution in [0.5, 0.6) is 5.75 Å². The van der Waals surface area contributed by atoms with Crippen molar-refractivity contribution in [3.8, 4) is 67.5 Å². The predicted octanol–water partition coefficient (Wildman–Crippen LogP) is 14.3. The van der Waals surface area contributed by atoms with E-state index in [9.17, 15) is 5.11 Å². The standard InChI is InChI=1S/C54H52N3O.Pt/c1-34(2)38-23-24-48(45(31-38)37-19-14-11-15-20-37)57-49-22-16-21-44(50(49)56-52(57)46-33-42(53(4,5)6)27-35(3)51(46)58)40-28-41(30-43(29-40)54(7,8)9)47-32-39(25-26-55-47)36-17-12-10-13-18-36;/h10-27,29-34,58H,1-9H3;/q-1;/i10D,12D,13D,17D,18D;. The topological polar surface area (TPSA) is 50.9 Å². The molecule has 59 heavy (non-hydrogen) atoms. The molecule has 2 heterocycles. The number of phenols is 1. The van der Waals surface area contributed by atoms with Gasteiger partial charge in [0, 0.05) is 38.5 Å². The summed E-state index contributed by atoms with van der Waals surface area (Å²) in [5, 5.41) is 12.0. The van der Waals surface area contributed by atoms with Crippen LogP contribution in [0.3, 0.4) is 0 Å². The molecule has 0 atom stereocenters. The molecule has 0 bridgehead atoms. The van der Waals surface area contributed by atoms with Crippen LogP contribution in [-0.4, -0.2) is 19.6 Å². The third-order valence-electron chi connectivity index (χ3n) is 11.0. The number of benzene rings is 6. The van der Waals surface area contributed by atoms with Gasteiger partial charge < -0.3 is 5.11 Å². The molecule has 0 fully saturated rings. The number of phenolic OH excluding ortho intramolecular Hbond substituents is 1. The van der Waals surface area contributed by atoms with Crippen molar-refractivity contribution in [3.63, 3.8) is 0 Å². The van der Waals surface area contributed by atoms with Gasteiger partial charge in [0.15, 0.2) is 0 Å². The Labute approximate surface area is 371 Å². The molecule has 4 nitrogen and oxygen atoms in total. The summed E-state index contributed by atoms with van der Waals surface area (Å²) in [7, 11) is 0. The van der Waals surface area contributed by atoms with Crippen LogP contribution in [0, 0.1) is 13.0 Å². The normalized spacial score (nSPS) is 13.1. The maximum atomic E-state index is 12.0. The molecule has 0 saturated heterocycles. The van der Waals surface area contributed by atoms with Crippen LogP contribution in [0.25, 0.3) is 72.7 Å². The Kier molecular flexibility index (Phi) is 9.73. The molecule has 6 aromatic carbocycles. The fraction of sp³-hybridized carbons (Fsp3) is 0.222. The van der Waals surface area contributed by atoms with Crippen molar-refractivity contribution >= 4 is 11.0 Å². The van der Waals surface area contributed by atoms with E-state index in [0.717, 1.165) is 55.7 Å². The van der Waals surface area contributed by atoms with Crippen LogP contribution in [0.1, 0.15) is 90.4 Å². The number of nitrogens with zero attached hydrogens (tertiary/aromatic N) is 3. The van der Waals surface area contributed by atoms with E-state index in [4.69, 9.17) is 16.8 Å². The molecule has 0 amide bonds. The molecule has 5 heteroatoms. The van der Waals surface area contributed by atoms with Crippen molar-refractivity contribution in [2.75, 3.05) is 0 Å². The number of imidazole rings is 1. The first-order valence-corrected chi connectivity index (χ1v) is 19.9. The van der Waals surface area contributed by atoms with Gasteiger partial charge in [-0.05, 0) is 87.4 Å². The maximum Gasteiger partial charge on any atom is 0.148 e. The van der Waals surface area contributed by atoms with Crippen molar-refractivity contribution in [3.05, 3.63) is 168 Å². The van der Waals surface area contributed by atoms with Crippen molar-refractivity contribution in [1.29, 1.82) is 0 Å². The molecule has 300 valence electrons. The second-order valence-electron chi connectivity index (χ2n) is 17.6. The number of rotatable bonds is 7. The van der Waals surface area contributed by atoms with E-state index in [2.05, 4.69) is 145 Å². The molecule has 0 radical (unpaired) electrons. The van der Waals surface area contributed by atoms with Gasteiger partial charge in [0.2, 0.25) is 0 Å². The number of hydrogen-bond donors (Lipinski definition) is 1. The average molecular weight is 959 g/mol. The number of hydrogen-bond acceptors (Lipinski definition) is 3. The van der Waals surface area contributed by atoms with Gasteiger partial charge in [-0.15, -0.1) is 29.3 Å². The summed E-state index contributed by atoms with van der Waals surface area (Å²) < 4.78 is 44.3. The van der Waals surface area contributed by atoms with Gasteiger partial charge >= 0.3 is 0 Å². The largest absolute Gasteiger partial charge is 0.507 e. The van der Waals surface area contributed by atoms with Crippen molar-refractivity contribution in [1.82, 2.24) is 14.5 Å². The smallest absolute Gasteiger partial charge is 0.148 e. The quantitative estimate of drug-likeness (QED) is 0.162. The minimum Gasteiger partial charge on any atom is -0.507 e. The zero-order valence-electron chi connectivity index (χ0n) is 40.1. The molecular formula is C54H52N3OPt-. The van der Waals surface area contributed by atoms with Gasteiger partial charge in [0.05, 0.1) is 29.1 Å². The van der Waals surface area contributed by atoms with Gasteiger partial charge in [-0.2, -0.15) is 0 Å². The van der Waals surface area contributed by atoms with E-state index < -0.39 is 6.04 Å². The van der Waals surface area contributed by atoms with Gasteiger partial charge in [-0.3, -0.25) is 9.55 Å². The van der Waals surface area contributed by atoms with Crippen LogP contribution in [-0.2, 0) is 31.9 Å². The van der Waals surface area contributed by atoms with Crippen LogP contribution in [0.15, 0.2) is 140 Å². The molecule has 0 aliphatic carbocycles. The Morgan fingerprint density at radius 3 is 2.07 bits per heavy atom. The number of pyridine rings is 1. The molecule has 0 unspecified atom stereocenters. The fourth-order valence-corrected chi connectivity index (χ4v) is 7.49. The summed E-state index contributed by atoms with van der Waals surface area (Å²) in [6.45, 7) is 19.3. The SMILES string of the molecule is [2H]c1c([2H])c([2H])c(-c2ccnc(-c3[c-]c(-c4cccc5c4nc(-c4cc(C(C)(C)C)cc(C)c4O)n5-c4ccc(C(C)C)cc4-c4ccccc4)cc(C(C)(C)C)c3)c2)c([2H])c1[2H].[Pt]. The molecule has 8 rings (SSSR count). The second kappa shape index (κ2) is 16.2.